The number of hydrogen-bond donors (Lipinski definition) is 1. The van der Waals surface area contributed by atoms with Crippen LogP contribution in [0.3, 0.4) is 0 Å². The van der Waals surface area contributed by atoms with Gasteiger partial charge in [-0.3, -0.25) is 0 Å². The van der Waals surface area contributed by atoms with E-state index >= 15 is 0 Å². The molecule has 0 saturated heterocycles. The zero-order valence-corrected chi connectivity index (χ0v) is 13.2. The lowest BCUT2D eigenvalue weighted by atomic mass is 9.61. The Kier molecular flexibility index (Phi) is 4.65. The van der Waals surface area contributed by atoms with Crippen molar-refractivity contribution in [3.8, 4) is 5.75 Å². The number of rotatable bonds is 5. The molecule has 1 saturated carbocycles. The molecule has 0 spiro atoms. The monoisotopic (exact) mass is 301 g/mol. The van der Waals surface area contributed by atoms with Gasteiger partial charge in [-0.25, -0.2) is 0 Å². The Hall–Kier alpha value is -0.440. The molecule has 0 heterocycles. The second-order valence-electron chi connectivity index (χ2n) is 5.39. The van der Waals surface area contributed by atoms with Gasteiger partial charge in [-0.1, -0.05) is 44.0 Å². The molecule has 3 atom stereocenters. The first-order chi connectivity index (χ1) is 9.01. The molecule has 1 N–H and O–H groups in total. The van der Waals surface area contributed by atoms with E-state index in [4.69, 9.17) is 27.9 Å². The molecule has 1 aliphatic rings. The highest BCUT2D eigenvalue weighted by Gasteiger charge is 2.51. The van der Waals surface area contributed by atoms with E-state index in [0.717, 1.165) is 25.1 Å². The van der Waals surface area contributed by atoms with Crippen molar-refractivity contribution in [1.82, 2.24) is 5.32 Å². The van der Waals surface area contributed by atoms with Crippen LogP contribution in [0.15, 0.2) is 18.2 Å². The highest BCUT2D eigenvalue weighted by atomic mass is 35.5. The average molecular weight is 302 g/mol. The quantitative estimate of drug-likeness (QED) is 0.862. The SMILES string of the molecule is CCNC1CC(Oc2ccc(Cl)cc2Cl)C1(C)CC. The maximum Gasteiger partial charge on any atom is 0.138 e. The van der Waals surface area contributed by atoms with Crippen molar-refractivity contribution in [2.75, 3.05) is 6.54 Å². The number of hydrogen-bond acceptors (Lipinski definition) is 2. The number of nitrogens with one attached hydrogen (secondary N) is 1. The minimum Gasteiger partial charge on any atom is -0.488 e. The Labute approximate surface area is 125 Å². The summed E-state index contributed by atoms with van der Waals surface area (Å²) in [5.41, 5.74) is 0.166. The van der Waals surface area contributed by atoms with Crippen LogP contribution >= 0.6 is 23.2 Å². The van der Waals surface area contributed by atoms with Gasteiger partial charge in [-0.15, -0.1) is 0 Å². The van der Waals surface area contributed by atoms with E-state index in [0.29, 0.717) is 16.1 Å². The lowest BCUT2D eigenvalue weighted by Gasteiger charge is -2.53. The van der Waals surface area contributed by atoms with E-state index in [1.165, 1.54) is 0 Å². The van der Waals surface area contributed by atoms with Crippen molar-refractivity contribution in [3.63, 3.8) is 0 Å². The fourth-order valence-corrected chi connectivity index (χ4v) is 3.21. The Morgan fingerprint density at radius 3 is 2.68 bits per heavy atom. The molecule has 1 fully saturated rings. The van der Waals surface area contributed by atoms with Gasteiger partial charge in [0.2, 0.25) is 0 Å². The zero-order chi connectivity index (χ0) is 14.0. The molecule has 1 aliphatic carbocycles. The van der Waals surface area contributed by atoms with Gasteiger partial charge in [0, 0.05) is 22.9 Å². The number of ether oxygens (including phenoxy) is 1. The summed E-state index contributed by atoms with van der Waals surface area (Å²) in [5, 5.41) is 4.74. The molecule has 0 bridgehead atoms. The molecule has 1 aromatic carbocycles. The third-order valence-corrected chi connectivity index (χ3v) is 4.89. The van der Waals surface area contributed by atoms with E-state index in [1.807, 2.05) is 12.1 Å². The fraction of sp³-hybridized carbons (Fsp3) is 0.600. The van der Waals surface area contributed by atoms with Crippen molar-refractivity contribution >= 4 is 23.2 Å². The molecule has 2 rings (SSSR count). The van der Waals surface area contributed by atoms with Gasteiger partial charge in [0.25, 0.3) is 0 Å². The van der Waals surface area contributed by atoms with E-state index in [2.05, 4.69) is 26.1 Å². The summed E-state index contributed by atoms with van der Waals surface area (Å²) in [7, 11) is 0. The fourth-order valence-electron chi connectivity index (χ4n) is 2.76. The lowest BCUT2D eigenvalue weighted by molar-refractivity contribution is -0.0696. The first-order valence-corrected chi connectivity index (χ1v) is 7.62. The zero-order valence-electron chi connectivity index (χ0n) is 11.7. The minimum absolute atomic E-state index is 0.166. The average Bonchev–Trinajstić information content (AvgIpc) is 2.39. The molecule has 3 unspecified atom stereocenters. The van der Waals surface area contributed by atoms with E-state index in [-0.39, 0.29) is 11.5 Å². The summed E-state index contributed by atoms with van der Waals surface area (Å²) in [6.07, 6.45) is 2.32. The summed E-state index contributed by atoms with van der Waals surface area (Å²) in [6, 6.07) is 5.91. The summed E-state index contributed by atoms with van der Waals surface area (Å²) < 4.78 is 6.09. The standard InChI is InChI=1S/C15H21Cl2NO/c1-4-15(3)13(18-5-2)9-14(15)19-12-7-6-10(16)8-11(12)17/h6-8,13-14,18H,4-5,9H2,1-3H3. The lowest BCUT2D eigenvalue weighted by Crippen LogP contribution is -2.63. The van der Waals surface area contributed by atoms with Gasteiger partial charge in [0.1, 0.15) is 11.9 Å². The maximum absolute atomic E-state index is 6.16. The summed E-state index contributed by atoms with van der Waals surface area (Å²) in [6.45, 7) is 7.62. The highest BCUT2D eigenvalue weighted by molar-refractivity contribution is 6.35. The minimum atomic E-state index is 0.166. The second-order valence-corrected chi connectivity index (χ2v) is 6.23. The van der Waals surface area contributed by atoms with Crippen LogP contribution < -0.4 is 10.1 Å². The Morgan fingerprint density at radius 1 is 1.37 bits per heavy atom. The molecule has 19 heavy (non-hydrogen) atoms. The molecule has 106 valence electrons. The van der Waals surface area contributed by atoms with Gasteiger partial charge in [-0.05, 0) is 31.2 Å². The van der Waals surface area contributed by atoms with Crippen LogP contribution in [-0.2, 0) is 0 Å². The molecule has 2 nitrogen and oxygen atoms in total. The Balaban J connectivity index is 2.08. The Bertz CT molecular complexity index is 452. The van der Waals surface area contributed by atoms with E-state index in [9.17, 15) is 0 Å². The topological polar surface area (TPSA) is 21.3 Å². The smallest absolute Gasteiger partial charge is 0.138 e. The van der Waals surface area contributed by atoms with Crippen LogP contribution in [0.1, 0.15) is 33.6 Å². The third kappa shape index (κ3) is 2.86. The predicted molar refractivity (Wildman–Crippen MR) is 81.4 cm³/mol. The van der Waals surface area contributed by atoms with Crippen LogP contribution in [0.2, 0.25) is 10.0 Å². The van der Waals surface area contributed by atoms with Crippen LogP contribution in [0, 0.1) is 5.41 Å². The van der Waals surface area contributed by atoms with E-state index < -0.39 is 0 Å². The van der Waals surface area contributed by atoms with Gasteiger partial charge >= 0.3 is 0 Å². The van der Waals surface area contributed by atoms with Crippen molar-refractivity contribution < 1.29 is 4.74 Å². The summed E-state index contributed by atoms with van der Waals surface area (Å²) in [4.78, 5) is 0. The molecule has 0 aliphatic heterocycles. The van der Waals surface area contributed by atoms with Gasteiger partial charge in [-0.2, -0.15) is 0 Å². The van der Waals surface area contributed by atoms with Crippen molar-refractivity contribution in [2.24, 2.45) is 5.41 Å². The number of halogens is 2. The molecule has 0 amide bonds. The largest absolute Gasteiger partial charge is 0.488 e. The van der Waals surface area contributed by atoms with Gasteiger partial charge < -0.3 is 10.1 Å². The first-order valence-electron chi connectivity index (χ1n) is 6.86. The van der Waals surface area contributed by atoms with Crippen LogP contribution in [0.4, 0.5) is 0 Å². The van der Waals surface area contributed by atoms with Crippen molar-refractivity contribution in [3.05, 3.63) is 28.2 Å². The van der Waals surface area contributed by atoms with Crippen LogP contribution in [-0.4, -0.2) is 18.7 Å². The second kappa shape index (κ2) is 5.90. The molecule has 0 radical (unpaired) electrons. The normalized spacial score (nSPS) is 29.9. The third-order valence-electron chi connectivity index (χ3n) is 4.36. The molecule has 4 heteroatoms. The maximum atomic E-state index is 6.16. The first kappa shape index (κ1) is 15.0. The van der Waals surface area contributed by atoms with Gasteiger partial charge in [0.15, 0.2) is 0 Å². The summed E-state index contributed by atoms with van der Waals surface area (Å²) in [5.74, 6) is 0.727. The molecular formula is C15H21Cl2NO. The van der Waals surface area contributed by atoms with E-state index in [1.54, 1.807) is 6.07 Å². The number of benzene rings is 1. The highest BCUT2D eigenvalue weighted by Crippen LogP contribution is 2.46. The van der Waals surface area contributed by atoms with Crippen molar-refractivity contribution in [2.45, 2.75) is 45.8 Å². The van der Waals surface area contributed by atoms with Crippen molar-refractivity contribution in [1.29, 1.82) is 0 Å². The van der Waals surface area contributed by atoms with Gasteiger partial charge in [0.05, 0.1) is 5.02 Å². The summed E-state index contributed by atoms with van der Waals surface area (Å²) >= 11 is 12.1. The molecule has 0 aromatic heterocycles. The van der Waals surface area contributed by atoms with Crippen LogP contribution in [0.25, 0.3) is 0 Å². The molecule has 1 aromatic rings. The Morgan fingerprint density at radius 2 is 2.11 bits per heavy atom. The predicted octanol–water partition coefficient (Wildman–Crippen LogP) is 4.54. The molecular weight excluding hydrogens is 281 g/mol. The van der Waals surface area contributed by atoms with Crippen LogP contribution in [0.5, 0.6) is 5.75 Å².